The molecule has 2 N–H and O–H groups in total. The van der Waals surface area contributed by atoms with Crippen LogP contribution in [-0.2, 0) is 16.6 Å². The van der Waals surface area contributed by atoms with Crippen LogP contribution >= 0.6 is 0 Å². The van der Waals surface area contributed by atoms with Gasteiger partial charge in [-0.1, -0.05) is 34.1 Å². The smallest absolute Gasteiger partial charge is 0.257 e. The molecule has 0 aliphatic carbocycles. The van der Waals surface area contributed by atoms with E-state index in [0.717, 1.165) is 25.2 Å². The summed E-state index contributed by atoms with van der Waals surface area (Å²) in [5, 5.41) is 5.09. The molecule has 6 heteroatoms. The van der Waals surface area contributed by atoms with Crippen LogP contribution in [0, 0.1) is 5.92 Å². The Hall–Kier alpha value is -0.880. The van der Waals surface area contributed by atoms with Crippen molar-refractivity contribution in [2.45, 2.75) is 58.0 Å². The summed E-state index contributed by atoms with van der Waals surface area (Å²) in [6.07, 6.45) is 3.78. The SMILES string of the molecule is CCCC(C)Cn1cc(S(N)(=O)=O)nc1C(C)C. The molecule has 1 atom stereocenters. The van der Waals surface area contributed by atoms with Crippen molar-refractivity contribution in [3.63, 3.8) is 0 Å². The van der Waals surface area contributed by atoms with Gasteiger partial charge in [-0.25, -0.2) is 18.5 Å². The number of hydrogen-bond donors (Lipinski definition) is 1. The summed E-state index contributed by atoms with van der Waals surface area (Å²) in [4.78, 5) is 4.14. The highest BCUT2D eigenvalue weighted by atomic mass is 32.2. The van der Waals surface area contributed by atoms with Crippen molar-refractivity contribution < 1.29 is 8.42 Å². The third-order valence-corrected chi connectivity index (χ3v) is 3.66. The Labute approximate surface area is 109 Å². The van der Waals surface area contributed by atoms with Crippen LogP contribution in [0.3, 0.4) is 0 Å². The van der Waals surface area contributed by atoms with Gasteiger partial charge in [0, 0.05) is 18.7 Å². The summed E-state index contributed by atoms with van der Waals surface area (Å²) in [6.45, 7) is 9.07. The predicted molar refractivity (Wildman–Crippen MR) is 71.8 cm³/mol. The molecule has 0 bridgehead atoms. The van der Waals surface area contributed by atoms with E-state index in [-0.39, 0.29) is 10.9 Å². The lowest BCUT2D eigenvalue weighted by Crippen LogP contribution is -2.12. The van der Waals surface area contributed by atoms with E-state index >= 15 is 0 Å². The van der Waals surface area contributed by atoms with Gasteiger partial charge in [0.1, 0.15) is 5.82 Å². The molecule has 0 amide bonds. The summed E-state index contributed by atoms with van der Waals surface area (Å²) in [5.41, 5.74) is 0. The van der Waals surface area contributed by atoms with E-state index in [1.807, 2.05) is 18.4 Å². The van der Waals surface area contributed by atoms with E-state index in [4.69, 9.17) is 5.14 Å². The first kappa shape index (κ1) is 15.2. The maximum Gasteiger partial charge on any atom is 0.257 e. The molecule has 0 aromatic carbocycles. The molecule has 0 saturated heterocycles. The molecule has 0 fully saturated rings. The Balaban J connectivity index is 3.06. The third-order valence-electron chi connectivity index (χ3n) is 2.88. The fraction of sp³-hybridized carbons (Fsp3) is 0.750. The highest BCUT2D eigenvalue weighted by Gasteiger charge is 2.19. The number of sulfonamides is 1. The molecule has 0 spiro atoms. The fourth-order valence-corrected chi connectivity index (χ4v) is 2.56. The summed E-state index contributed by atoms with van der Waals surface area (Å²) in [6, 6.07) is 0. The summed E-state index contributed by atoms with van der Waals surface area (Å²) >= 11 is 0. The van der Waals surface area contributed by atoms with Crippen LogP contribution in [0.5, 0.6) is 0 Å². The molecule has 0 aliphatic heterocycles. The quantitative estimate of drug-likeness (QED) is 0.862. The lowest BCUT2D eigenvalue weighted by molar-refractivity contribution is 0.432. The first-order valence-corrected chi connectivity index (χ1v) is 7.90. The van der Waals surface area contributed by atoms with Crippen LogP contribution in [-0.4, -0.2) is 18.0 Å². The summed E-state index contributed by atoms with van der Waals surface area (Å²) in [7, 11) is -3.72. The number of nitrogens with two attached hydrogens (primary N) is 1. The Morgan fingerprint density at radius 1 is 1.39 bits per heavy atom. The molecular weight excluding hydrogens is 250 g/mol. The lowest BCUT2D eigenvalue weighted by atomic mass is 10.1. The van der Waals surface area contributed by atoms with Crippen molar-refractivity contribution in [1.82, 2.24) is 9.55 Å². The molecule has 0 radical (unpaired) electrons. The largest absolute Gasteiger partial charge is 0.333 e. The van der Waals surface area contributed by atoms with Crippen LogP contribution in [0.25, 0.3) is 0 Å². The van der Waals surface area contributed by atoms with Gasteiger partial charge in [0.15, 0.2) is 5.03 Å². The molecular formula is C12H23N3O2S. The van der Waals surface area contributed by atoms with Gasteiger partial charge < -0.3 is 4.57 Å². The maximum atomic E-state index is 11.3. The Morgan fingerprint density at radius 3 is 2.44 bits per heavy atom. The summed E-state index contributed by atoms with van der Waals surface area (Å²) in [5.74, 6) is 1.45. The Bertz CT molecular complexity index is 491. The average Bonchev–Trinajstić information content (AvgIpc) is 2.61. The molecule has 5 nitrogen and oxygen atoms in total. The van der Waals surface area contributed by atoms with Crippen molar-refractivity contribution in [1.29, 1.82) is 0 Å². The number of nitrogens with zero attached hydrogens (tertiary/aromatic N) is 2. The maximum absolute atomic E-state index is 11.3. The van der Waals surface area contributed by atoms with Crippen LogP contribution in [0.4, 0.5) is 0 Å². The fourth-order valence-electron chi connectivity index (χ4n) is 2.07. The second-order valence-corrected chi connectivity index (χ2v) is 6.69. The number of aromatic nitrogens is 2. The first-order valence-electron chi connectivity index (χ1n) is 6.35. The van der Waals surface area contributed by atoms with Crippen LogP contribution < -0.4 is 5.14 Å². The predicted octanol–water partition coefficient (Wildman–Crippen LogP) is 2.09. The standard InChI is InChI=1S/C12H23N3O2S/c1-5-6-10(4)7-15-8-11(18(13,16)17)14-12(15)9(2)3/h8-10H,5-7H2,1-4H3,(H2,13,16,17). The molecule has 18 heavy (non-hydrogen) atoms. The van der Waals surface area contributed by atoms with Gasteiger partial charge >= 0.3 is 0 Å². The lowest BCUT2D eigenvalue weighted by Gasteiger charge is -2.14. The van der Waals surface area contributed by atoms with E-state index in [0.29, 0.717) is 5.92 Å². The minimum Gasteiger partial charge on any atom is -0.333 e. The zero-order valence-corrected chi connectivity index (χ0v) is 12.4. The van der Waals surface area contributed by atoms with E-state index in [2.05, 4.69) is 18.8 Å². The average molecular weight is 273 g/mol. The number of imidazole rings is 1. The second kappa shape index (κ2) is 5.84. The van der Waals surface area contributed by atoms with Crippen molar-refractivity contribution >= 4 is 10.0 Å². The highest BCUT2D eigenvalue weighted by Crippen LogP contribution is 2.19. The third kappa shape index (κ3) is 3.81. The molecule has 0 aliphatic rings. The zero-order valence-electron chi connectivity index (χ0n) is 11.5. The number of rotatable bonds is 6. The normalized spacial score (nSPS) is 14.1. The number of primary sulfonamides is 1. The highest BCUT2D eigenvalue weighted by molar-refractivity contribution is 7.89. The van der Waals surface area contributed by atoms with Gasteiger partial charge in [-0.2, -0.15) is 0 Å². The van der Waals surface area contributed by atoms with Crippen molar-refractivity contribution in [2.24, 2.45) is 11.1 Å². The van der Waals surface area contributed by atoms with Gasteiger partial charge in [-0.05, 0) is 12.3 Å². The van der Waals surface area contributed by atoms with Gasteiger partial charge in [-0.3, -0.25) is 0 Å². The number of hydrogen-bond acceptors (Lipinski definition) is 3. The van der Waals surface area contributed by atoms with Crippen LogP contribution in [0.2, 0.25) is 0 Å². The Morgan fingerprint density at radius 2 is 2.00 bits per heavy atom. The topological polar surface area (TPSA) is 78.0 Å². The van der Waals surface area contributed by atoms with Gasteiger partial charge in [-0.15, -0.1) is 0 Å². The summed E-state index contributed by atoms with van der Waals surface area (Å²) < 4.78 is 24.6. The van der Waals surface area contributed by atoms with Crippen LogP contribution in [0.1, 0.15) is 52.3 Å². The second-order valence-electron chi connectivity index (χ2n) is 5.18. The minimum absolute atomic E-state index is 0.0325. The molecule has 1 unspecified atom stereocenters. The van der Waals surface area contributed by atoms with E-state index in [1.54, 1.807) is 6.20 Å². The molecule has 1 aromatic rings. The molecule has 104 valence electrons. The first-order chi connectivity index (χ1) is 8.25. The van der Waals surface area contributed by atoms with Crippen LogP contribution in [0.15, 0.2) is 11.2 Å². The van der Waals surface area contributed by atoms with Gasteiger partial charge in [0.05, 0.1) is 0 Å². The van der Waals surface area contributed by atoms with Crippen molar-refractivity contribution in [3.8, 4) is 0 Å². The Kier molecular flexibility index (Phi) is 4.92. The van der Waals surface area contributed by atoms with E-state index < -0.39 is 10.0 Å². The van der Waals surface area contributed by atoms with Crippen molar-refractivity contribution in [2.75, 3.05) is 0 Å². The minimum atomic E-state index is -3.72. The van der Waals surface area contributed by atoms with Gasteiger partial charge in [0.2, 0.25) is 0 Å². The molecule has 1 rings (SSSR count). The zero-order chi connectivity index (χ0) is 13.9. The van der Waals surface area contributed by atoms with E-state index in [1.165, 1.54) is 0 Å². The van der Waals surface area contributed by atoms with Gasteiger partial charge in [0.25, 0.3) is 10.0 Å². The monoisotopic (exact) mass is 273 g/mol. The van der Waals surface area contributed by atoms with E-state index in [9.17, 15) is 8.42 Å². The van der Waals surface area contributed by atoms with Crippen molar-refractivity contribution in [3.05, 3.63) is 12.0 Å². The molecule has 0 saturated carbocycles. The molecule has 1 heterocycles. The molecule has 1 aromatic heterocycles.